The van der Waals surface area contributed by atoms with Crippen LogP contribution in [-0.2, 0) is 13.1 Å². The second kappa shape index (κ2) is 4.90. The molecule has 0 bridgehead atoms. The van der Waals surface area contributed by atoms with Crippen molar-refractivity contribution in [2.75, 3.05) is 21.1 Å². The van der Waals surface area contributed by atoms with Gasteiger partial charge in [0.1, 0.15) is 0 Å². The van der Waals surface area contributed by atoms with Gasteiger partial charge in [0.25, 0.3) is 5.91 Å². The van der Waals surface area contributed by atoms with E-state index < -0.39 is 0 Å². The van der Waals surface area contributed by atoms with E-state index in [0.717, 1.165) is 25.2 Å². The van der Waals surface area contributed by atoms with Crippen molar-refractivity contribution < 1.29 is 4.79 Å². The predicted octanol–water partition coefficient (Wildman–Crippen LogP) is 1.46. The number of rotatable bonds is 1. The molecule has 100 valence electrons. The molecule has 18 heavy (non-hydrogen) atoms. The number of aromatic nitrogens is 2. The zero-order valence-corrected chi connectivity index (χ0v) is 12.0. The topological polar surface area (TPSA) is 41.4 Å². The molecule has 6 heteroatoms. The van der Waals surface area contributed by atoms with Crippen LogP contribution in [0.4, 0.5) is 0 Å². The molecule has 1 aromatic heterocycles. The smallest absolute Gasteiger partial charge is 0.275 e. The van der Waals surface area contributed by atoms with Crippen molar-refractivity contribution in [3.05, 3.63) is 16.4 Å². The van der Waals surface area contributed by atoms with Gasteiger partial charge < -0.3 is 4.90 Å². The third kappa shape index (κ3) is 2.24. The molecule has 1 unspecified atom stereocenters. The first-order valence-electron chi connectivity index (χ1n) is 6.09. The number of carbonyl (C=O) groups is 1. The van der Waals surface area contributed by atoms with Crippen molar-refractivity contribution in [1.29, 1.82) is 0 Å². The zero-order valence-electron chi connectivity index (χ0n) is 11.3. The van der Waals surface area contributed by atoms with E-state index in [0.29, 0.717) is 16.8 Å². The Bertz CT molecular complexity index is 469. The molecule has 2 heterocycles. The lowest BCUT2D eigenvalue weighted by Crippen LogP contribution is -2.27. The van der Waals surface area contributed by atoms with E-state index in [1.165, 1.54) is 4.90 Å². The molecule has 5 nitrogen and oxygen atoms in total. The second-order valence-corrected chi connectivity index (χ2v) is 5.46. The summed E-state index contributed by atoms with van der Waals surface area (Å²) >= 11 is 6.31. The number of halogens is 1. The molecular formula is C12H19ClN4O. The summed E-state index contributed by atoms with van der Waals surface area (Å²) in [4.78, 5) is 15.7. The van der Waals surface area contributed by atoms with Crippen molar-refractivity contribution in [2.45, 2.75) is 32.5 Å². The minimum absolute atomic E-state index is 0.142. The Morgan fingerprint density at radius 2 is 2.17 bits per heavy atom. The third-order valence-corrected chi connectivity index (χ3v) is 3.91. The first kappa shape index (κ1) is 13.4. The summed E-state index contributed by atoms with van der Waals surface area (Å²) in [6.45, 7) is 3.72. The minimum atomic E-state index is -0.142. The molecule has 2 rings (SSSR count). The van der Waals surface area contributed by atoms with Gasteiger partial charge in [-0.1, -0.05) is 11.6 Å². The summed E-state index contributed by atoms with van der Waals surface area (Å²) < 4.78 is 1.87. The first-order chi connectivity index (χ1) is 8.41. The predicted molar refractivity (Wildman–Crippen MR) is 70.8 cm³/mol. The van der Waals surface area contributed by atoms with E-state index in [4.69, 9.17) is 11.6 Å². The van der Waals surface area contributed by atoms with Crippen LogP contribution in [0.1, 0.15) is 29.5 Å². The van der Waals surface area contributed by atoms with E-state index in [9.17, 15) is 4.79 Å². The highest BCUT2D eigenvalue weighted by atomic mass is 35.5. The maximum absolute atomic E-state index is 12.0. The summed E-state index contributed by atoms with van der Waals surface area (Å²) in [5.41, 5.74) is 1.30. The molecule has 0 fully saturated rings. The molecule has 0 saturated carbocycles. The van der Waals surface area contributed by atoms with Crippen LogP contribution < -0.4 is 0 Å². The number of carbonyl (C=O) groups excluding carboxylic acids is 1. The second-order valence-electron chi connectivity index (χ2n) is 5.08. The van der Waals surface area contributed by atoms with Crippen LogP contribution in [0.25, 0.3) is 0 Å². The van der Waals surface area contributed by atoms with Gasteiger partial charge >= 0.3 is 0 Å². The highest BCUT2D eigenvalue weighted by molar-refractivity contribution is 6.34. The van der Waals surface area contributed by atoms with E-state index in [1.54, 1.807) is 14.1 Å². The highest BCUT2D eigenvalue weighted by Gasteiger charge is 2.26. The lowest BCUT2D eigenvalue weighted by atomic mass is 10.2. The van der Waals surface area contributed by atoms with Crippen molar-refractivity contribution in [1.82, 2.24) is 19.6 Å². The lowest BCUT2D eigenvalue weighted by molar-refractivity contribution is 0.0821. The fourth-order valence-electron chi connectivity index (χ4n) is 2.08. The first-order valence-corrected chi connectivity index (χ1v) is 6.46. The van der Waals surface area contributed by atoms with Gasteiger partial charge in [-0.3, -0.25) is 14.4 Å². The van der Waals surface area contributed by atoms with Crippen molar-refractivity contribution in [2.24, 2.45) is 0 Å². The fraction of sp³-hybridized carbons (Fsp3) is 0.667. The molecule has 0 aromatic carbocycles. The fourth-order valence-corrected chi connectivity index (χ4v) is 2.36. The van der Waals surface area contributed by atoms with Gasteiger partial charge in [0.15, 0.2) is 5.69 Å². The van der Waals surface area contributed by atoms with Gasteiger partial charge in [-0.05, 0) is 20.4 Å². The highest BCUT2D eigenvalue weighted by Crippen LogP contribution is 2.26. The van der Waals surface area contributed by atoms with E-state index in [-0.39, 0.29) is 5.91 Å². The van der Waals surface area contributed by atoms with Gasteiger partial charge in [0.05, 0.1) is 10.7 Å². The average molecular weight is 271 g/mol. The van der Waals surface area contributed by atoms with Crippen LogP contribution in [-0.4, -0.2) is 52.7 Å². The third-order valence-electron chi connectivity index (χ3n) is 3.51. The normalized spacial score (nSPS) is 20.4. The maximum Gasteiger partial charge on any atom is 0.275 e. The van der Waals surface area contributed by atoms with E-state index >= 15 is 0 Å². The van der Waals surface area contributed by atoms with Crippen LogP contribution in [0.5, 0.6) is 0 Å². The van der Waals surface area contributed by atoms with E-state index in [2.05, 4.69) is 24.0 Å². The number of aryl methyl sites for hydroxylation is 1. The Labute approximate surface area is 112 Å². The van der Waals surface area contributed by atoms with Crippen molar-refractivity contribution >= 4 is 17.5 Å². The number of fused-ring (bicyclic) bond motifs is 1. The molecule has 1 aliphatic heterocycles. The average Bonchev–Trinajstić information content (AvgIpc) is 2.54. The monoisotopic (exact) mass is 270 g/mol. The van der Waals surface area contributed by atoms with Crippen molar-refractivity contribution in [3.8, 4) is 0 Å². The molecule has 0 saturated heterocycles. The summed E-state index contributed by atoms with van der Waals surface area (Å²) in [5.74, 6) is -0.142. The van der Waals surface area contributed by atoms with Gasteiger partial charge in [-0.25, -0.2) is 0 Å². The Morgan fingerprint density at radius 3 is 2.78 bits per heavy atom. The summed E-state index contributed by atoms with van der Waals surface area (Å²) in [6, 6.07) is 0.496. The molecule has 1 aromatic rings. The van der Waals surface area contributed by atoms with Gasteiger partial charge in [-0.2, -0.15) is 5.10 Å². The standard InChI is InChI=1S/C12H19ClN4O/c1-8-5-6-17-9(7-16(8)4)10(13)11(14-17)12(18)15(2)3/h8H,5-7H2,1-4H3. The Morgan fingerprint density at radius 1 is 1.50 bits per heavy atom. The molecule has 0 aliphatic carbocycles. The number of nitrogens with zero attached hydrogens (tertiary/aromatic N) is 4. The van der Waals surface area contributed by atoms with Crippen molar-refractivity contribution in [3.63, 3.8) is 0 Å². The minimum Gasteiger partial charge on any atom is -0.343 e. The summed E-state index contributed by atoms with van der Waals surface area (Å²) in [5, 5.41) is 4.86. The lowest BCUT2D eigenvalue weighted by Gasteiger charge is -2.20. The Kier molecular flexibility index (Phi) is 3.64. The van der Waals surface area contributed by atoms with Crippen LogP contribution in [0.2, 0.25) is 5.02 Å². The van der Waals surface area contributed by atoms with E-state index in [1.807, 2.05) is 4.68 Å². The SMILES string of the molecule is CC1CCn2nc(C(=O)N(C)C)c(Cl)c2CN1C. The largest absolute Gasteiger partial charge is 0.343 e. The molecular weight excluding hydrogens is 252 g/mol. The van der Waals surface area contributed by atoms with Crippen LogP contribution >= 0.6 is 11.6 Å². The van der Waals surface area contributed by atoms with Gasteiger partial charge in [-0.15, -0.1) is 0 Å². The molecule has 0 N–H and O–H groups in total. The van der Waals surface area contributed by atoms with Gasteiger partial charge in [0.2, 0.25) is 0 Å². The Balaban J connectivity index is 2.38. The quantitative estimate of drug-likeness (QED) is 0.776. The van der Waals surface area contributed by atoms with Crippen LogP contribution in [0.3, 0.4) is 0 Å². The molecule has 1 atom stereocenters. The number of hydrogen-bond donors (Lipinski definition) is 0. The van der Waals surface area contributed by atoms with Gasteiger partial charge in [0, 0.05) is 33.2 Å². The summed E-state index contributed by atoms with van der Waals surface area (Å²) in [6.07, 6.45) is 1.01. The zero-order chi connectivity index (χ0) is 13.4. The molecule has 0 radical (unpaired) electrons. The number of hydrogen-bond acceptors (Lipinski definition) is 3. The van der Waals surface area contributed by atoms with Crippen LogP contribution in [0.15, 0.2) is 0 Å². The molecule has 0 spiro atoms. The van der Waals surface area contributed by atoms with Crippen LogP contribution in [0, 0.1) is 0 Å². The summed E-state index contributed by atoms with van der Waals surface area (Å²) in [7, 11) is 5.48. The number of amides is 1. The Hall–Kier alpha value is -1.07. The molecule has 1 aliphatic rings. The maximum atomic E-state index is 12.0. The molecule has 1 amide bonds.